The summed E-state index contributed by atoms with van der Waals surface area (Å²) in [5.41, 5.74) is 4.26. The maximum Gasteiger partial charge on any atom is 0.417 e. The molecule has 6 N–H and O–H groups in total. The van der Waals surface area contributed by atoms with E-state index in [9.17, 15) is 27.3 Å². The van der Waals surface area contributed by atoms with Crippen molar-refractivity contribution in [3.8, 4) is 22.5 Å². The molecule has 0 amide bonds. The molecule has 33 heavy (non-hydrogen) atoms. The monoisotopic (exact) mass is 477 g/mol. The van der Waals surface area contributed by atoms with Crippen LogP contribution in [0, 0.1) is 0 Å². The molecular weight excluding hydrogens is 463 g/mol. The molecule has 0 saturated heterocycles. The van der Waals surface area contributed by atoms with Gasteiger partial charge >= 0.3 is 12.1 Å². The van der Waals surface area contributed by atoms with E-state index in [0.29, 0.717) is 11.5 Å². The predicted octanol–water partition coefficient (Wildman–Crippen LogP) is 2.33. The molecule has 170 valence electrons. The van der Waals surface area contributed by atoms with Gasteiger partial charge in [0.25, 0.3) is 0 Å². The highest BCUT2D eigenvalue weighted by atomic mass is 32.2. The number of para-hydroxylation sites is 1. The fourth-order valence-electron chi connectivity index (χ4n) is 3.48. The average molecular weight is 477 g/mol. The molecule has 0 saturated carbocycles. The van der Waals surface area contributed by atoms with Crippen molar-refractivity contribution >= 4 is 38.1 Å². The lowest BCUT2D eigenvalue weighted by atomic mass is 9.93. The number of H-pyrrole nitrogens is 1. The summed E-state index contributed by atoms with van der Waals surface area (Å²) in [5, 5.41) is 28.5. The third kappa shape index (κ3) is 3.85. The number of carboxylic acids is 1. The largest absolute Gasteiger partial charge is 0.477 e. The van der Waals surface area contributed by atoms with Gasteiger partial charge in [-0.25, -0.2) is 14.0 Å². The van der Waals surface area contributed by atoms with Crippen LogP contribution in [0.5, 0.6) is 0 Å². The topological polar surface area (TPSA) is 174 Å². The molecule has 0 aliphatic heterocycles. The SMILES string of the molecule is C=S(N)(=O)c1c(C(F)(F)F)ccc(-c2cc(C(=O)O)nc3c(N)cccc23)c1-c1nn[nH]n1. The standard InChI is InChI=1S/C19H14F3N7O3S/c1-33(24,32)16-11(19(20,21)22)6-5-8(14(16)17-26-28-29-27-17)10-7-13(18(30)31)25-15-9(10)3-2-4-12(15)23/h2-7H,1,23H2,(H2,24,32)(H,30,31)(H,26,27,28,29). The molecule has 0 spiro atoms. The van der Waals surface area contributed by atoms with E-state index in [2.05, 4.69) is 31.5 Å². The first-order valence-corrected chi connectivity index (χ1v) is 10.7. The van der Waals surface area contributed by atoms with E-state index in [1.54, 1.807) is 12.1 Å². The second-order valence-corrected chi connectivity index (χ2v) is 8.79. The molecule has 1 unspecified atom stereocenters. The van der Waals surface area contributed by atoms with E-state index in [0.717, 1.165) is 12.1 Å². The van der Waals surface area contributed by atoms with Crippen LogP contribution >= 0.6 is 0 Å². The van der Waals surface area contributed by atoms with Gasteiger partial charge in [-0.1, -0.05) is 18.2 Å². The first-order chi connectivity index (χ1) is 15.4. The Hall–Kier alpha value is -4.04. The zero-order chi connectivity index (χ0) is 24.1. The van der Waals surface area contributed by atoms with E-state index in [1.807, 2.05) is 0 Å². The van der Waals surface area contributed by atoms with Crippen LogP contribution in [0.3, 0.4) is 0 Å². The Morgan fingerprint density at radius 1 is 1.18 bits per heavy atom. The first kappa shape index (κ1) is 22.2. The van der Waals surface area contributed by atoms with Gasteiger partial charge in [-0.3, -0.25) is 5.14 Å². The molecule has 2 heterocycles. The van der Waals surface area contributed by atoms with Crippen molar-refractivity contribution in [3.05, 3.63) is 47.7 Å². The molecule has 1 atom stereocenters. The molecule has 0 aliphatic rings. The Morgan fingerprint density at radius 3 is 2.48 bits per heavy atom. The summed E-state index contributed by atoms with van der Waals surface area (Å²) in [6, 6.07) is 7.53. The number of rotatable bonds is 4. The molecular formula is C19H14F3N7O3S. The van der Waals surface area contributed by atoms with Crippen molar-refractivity contribution in [2.75, 3.05) is 5.73 Å². The maximum absolute atomic E-state index is 13.8. The van der Waals surface area contributed by atoms with Gasteiger partial charge in [0.2, 0.25) is 5.82 Å². The maximum atomic E-state index is 13.8. The number of nitrogens with zero attached hydrogens (tertiary/aromatic N) is 4. The van der Waals surface area contributed by atoms with E-state index in [-0.39, 0.29) is 33.7 Å². The number of nitrogens with two attached hydrogens (primary N) is 2. The highest BCUT2D eigenvalue weighted by Gasteiger charge is 2.38. The molecule has 0 fully saturated rings. The van der Waals surface area contributed by atoms with Crippen molar-refractivity contribution in [1.29, 1.82) is 0 Å². The highest BCUT2D eigenvalue weighted by Crippen LogP contribution is 2.44. The van der Waals surface area contributed by atoms with Gasteiger partial charge in [-0.15, -0.1) is 10.2 Å². The smallest absolute Gasteiger partial charge is 0.417 e. The minimum absolute atomic E-state index is 0.00160. The molecule has 2 aromatic heterocycles. The van der Waals surface area contributed by atoms with Crippen LogP contribution in [0.4, 0.5) is 18.9 Å². The second kappa shape index (κ2) is 7.53. The van der Waals surface area contributed by atoms with Gasteiger partial charge in [-0.05, 0) is 40.4 Å². The van der Waals surface area contributed by atoms with Crippen LogP contribution < -0.4 is 10.9 Å². The van der Waals surface area contributed by atoms with E-state index in [1.165, 1.54) is 6.07 Å². The summed E-state index contributed by atoms with van der Waals surface area (Å²) in [6.07, 6.45) is -4.94. The molecule has 14 heteroatoms. The second-order valence-electron chi connectivity index (χ2n) is 6.93. The number of aromatic nitrogens is 5. The lowest BCUT2D eigenvalue weighted by molar-refractivity contribution is -0.139. The normalized spacial score (nSPS) is 13.7. The van der Waals surface area contributed by atoms with Crippen LogP contribution in [-0.2, 0) is 15.9 Å². The van der Waals surface area contributed by atoms with Gasteiger partial charge < -0.3 is 10.8 Å². The van der Waals surface area contributed by atoms with Crippen LogP contribution in [0.1, 0.15) is 16.1 Å². The number of benzene rings is 2. The Balaban J connectivity index is 2.25. The summed E-state index contributed by atoms with van der Waals surface area (Å²) in [7, 11) is -3.99. The number of nitrogens with one attached hydrogen (secondary N) is 1. The van der Waals surface area contributed by atoms with Crippen molar-refractivity contribution < 1.29 is 27.3 Å². The number of carbonyl (C=O) groups is 1. The predicted molar refractivity (Wildman–Crippen MR) is 114 cm³/mol. The number of aromatic amines is 1. The Kier molecular flexibility index (Phi) is 5.06. The fourth-order valence-corrected chi connectivity index (χ4v) is 4.58. The molecule has 2 aromatic carbocycles. The fraction of sp³-hybridized carbons (Fsp3) is 0.0526. The van der Waals surface area contributed by atoms with Crippen molar-refractivity contribution in [3.63, 3.8) is 0 Å². The number of pyridine rings is 1. The van der Waals surface area contributed by atoms with Crippen molar-refractivity contribution in [1.82, 2.24) is 25.6 Å². The number of fused-ring (bicyclic) bond motifs is 1. The highest BCUT2D eigenvalue weighted by molar-refractivity contribution is 7.98. The quantitative estimate of drug-likeness (QED) is 0.256. The molecule has 4 aromatic rings. The average Bonchev–Trinajstić information content (AvgIpc) is 3.25. The zero-order valence-corrected chi connectivity index (χ0v) is 17.2. The zero-order valence-electron chi connectivity index (χ0n) is 16.4. The Morgan fingerprint density at radius 2 is 1.91 bits per heavy atom. The summed E-state index contributed by atoms with van der Waals surface area (Å²) in [6.45, 7) is 0. The lowest BCUT2D eigenvalue weighted by Crippen LogP contribution is -2.20. The molecule has 0 bridgehead atoms. The van der Waals surface area contributed by atoms with Crippen LogP contribution in [-0.4, -0.2) is 46.8 Å². The third-order valence-corrected chi connectivity index (χ3v) is 5.87. The number of alkyl halides is 3. The van der Waals surface area contributed by atoms with Crippen LogP contribution in [0.2, 0.25) is 0 Å². The summed E-state index contributed by atoms with van der Waals surface area (Å²) < 4.78 is 54.3. The van der Waals surface area contributed by atoms with E-state index < -0.39 is 38.0 Å². The summed E-state index contributed by atoms with van der Waals surface area (Å²) in [4.78, 5) is 14.9. The van der Waals surface area contributed by atoms with Gasteiger partial charge in [-0.2, -0.15) is 18.4 Å². The number of aromatic carboxylic acids is 1. The number of anilines is 1. The van der Waals surface area contributed by atoms with E-state index >= 15 is 0 Å². The molecule has 10 nitrogen and oxygen atoms in total. The Bertz CT molecular complexity index is 1520. The van der Waals surface area contributed by atoms with Crippen molar-refractivity contribution in [2.24, 2.45) is 5.14 Å². The molecule has 0 aliphatic carbocycles. The molecule has 0 radical (unpaired) electrons. The number of halogens is 3. The minimum Gasteiger partial charge on any atom is -0.477 e. The molecule has 4 rings (SSSR count). The lowest BCUT2D eigenvalue weighted by Gasteiger charge is -2.20. The van der Waals surface area contributed by atoms with Crippen LogP contribution in [0.25, 0.3) is 33.4 Å². The van der Waals surface area contributed by atoms with Gasteiger partial charge in [0.05, 0.1) is 31.4 Å². The van der Waals surface area contributed by atoms with Gasteiger partial charge in [0.1, 0.15) is 5.69 Å². The Labute approximate surface area is 183 Å². The van der Waals surface area contributed by atoms with Crippen LogP contribution in [0.15, 0.2) is 41.3 Å². The number of hydrogen-bond acceptors (Lipinski definition) is 7. The van der Waals surface area contributed by atoms with E-state index in [4.69, 9.17) is 10.9 Å². The summed E-state index contributed by atoms with van der Waals surface area (Å²) >= 11 is 0. The number of tetrazole rings is 1. The first-order valence-electron chi connectivity index (χ1n) is 8.95. The summed E-state index contributed by atoms with van der Waals surface area (Å²) in [5.74, 6) is 1.49. The number of carboxylic acid groups (broad SMARTS) is 1. The van der Waals surface area contributed by atoms with Gasteiger partial charge in [0.15, 0.2) is 0 Å². The third-order valence-electron chi connectivity index (χ3n) is 4.76. The number of hydrogen-bond donors (Lipinski definition) is 4. The van der Waals surface area contributed by atoms with Crippen molar-refractivity contribution in [2.45, 2.75) is 11.1 Å². The van der Waals surface area contributed by atoms with Gasteiger partial charge in [0, 0.05) is 10.9 Å². The minimum atomic E-state index is -4.94. The number of nitrogen functional groups attached to an aromatic ring is 1.